The van der Waals surface area contributed by atoms with Crippen molar-refractivity contribution in [2.75, 3.05) is 0 Å². The minimum atomic E-state index is -1.18. The van der Waals surface area contributed by atoms with Crippen molar-refractivity contribution >= 4 is 149 Å². The number of carbonyl (C=O) groups is 2. The maximum absolute atomic E-state index is 12.6. The number of aromatic hydroxyl groups is 1. The van der Waals surface area contributed by atoms with Gasteiger partial charge >= 0.3 is 5.97 Å². The number of Topliss-reactive ketones (excluding diaryl/α,β-unsaturated/α-hetero) is 1. The summed E-state index contributed by atoms with van der Waals surface area (Å²) in [5.74, 6) is -1.30. The summed E-state index contributed by atoms with van der Waals surface area (Å²) in [5.41, 5.74) is 1.82. The van der Waals surface area contributed by atoms with E-state index in [1.165, 1.54) is 6.07 Å². The van der Waals surface area contributed by atoms with Gasteiger partial charge in [0.1, 0.15) is 5.03 Å². The lowest BCUT2D eigenvalue weighted by molar-refractivity contribution is -0.114. The zero-order valence-electron chi connectivity index (χ0n) is 15.5. The molecule has 172 valence electrons. The summed E-state index contributed by atoms with van der Waals surface area (Å²) in [6, 6.07) is 1.52. The number of hydrogen-bond donors (Lipinski definition) is 2. The highest BCUT2D eigenvalue weighted by Gasteiger charge is 2.41. The van der Waals surface area contributed by atoms with Gasteiger partial charge in [0.05, 0.1) is 18.1 Å². The van der Waals surface area contributed by atoms with Gasteiger partial charge in [0, 0.05) is 40.2 Å². The highest BCUT2D eigenvalue weighted by atomic mass is 127. The first-order valence-electron chi connectivity index (χ1n) is 8.68. The minimum absolute atomic E-state index is 0.0242. The number of carbonyl (C=O) groups excluding carboxylic acids is 1. The van der Waals surface area contributed by atoms with Crippen LogP contribution in [0.25, 0.3) is 5.57 Å². The Bertz CT molecular complexity index is 1370. The molecule has 0 saturated heterocycles. The monoisotopic (exact) mass is 965 g/mol. The maximum atomic E-state index is 12.6. The van der Waals surface area contributed by atoms with Crippen LogP contribution in [-0.2, 0) is 4.79 Å². The van der Waals surface area contributed by atoms with Crippen molar-refractivity contribution in [3.8, 4) is 11.5 Å². The molecule has 0 saturated carbocycles. The van der Waals surface area contributed by atoms with E-state index in [1.807, 2.05) is 45.2 Å². The van der Waals surface area contributed by atoms with E-state index in [4.69, 9.17) is 27.9 Å². The largest absolute Gasteiger partial charge is 0.505 e. The van der Waals surface area contributed by atoms with Crippen LogP contribution in [0, 0.1) is 3.57 Å². The van der Waals surface area contributed by atoms with E-state index in [1.54, 1.807) is 0 Å². The van der Waals surface area contributed by atoms with E-state index >= 15 is 0 Å². The fourth-order valence-corrected chi connectivity index (χ4v) is 8.32. The normalized spacial score (nSPS) is 17.7. The molecule has 0 bridgehead atoms. The molecule has 0 fully saturated rings. The molecule has 1 atom stereocenters. The summed E-state index contributed by atoms with van der Waals surface area (Å²) >= 11 is 30.5. The number of aromatic carboxylic acids is 1. The fraction of sp³-hybridized carbons (Fsp3) is 0.100. The Hall–Kier alpha value is 0.620. The van der Waals surface area contributed by atoms with Gasteiger partial charge in [-0.25, -0.2) is 4.79 Å². The number of ketones is 1. The standard InChI is InChI=1S/C20H6Br4Cl2I2O5/c21-10-8(9(20(31)32)11(22)13(24)12(10)23)7-3-1-5(25)16(29)15(28)19(3)33-18-4(7)2-6(27)17(30)14(18)26/h1,6,29H,2H2,(H,31,32). The molecular formula is C20H6Br4Cl2I2O5. The summed E-state index contributed by atoms with van der Waals surface area (Å²) in [5, 5.41) is 20.6. The van der Waals surface area contributed by atoms with Crippen molar-refractivity contribution in [1.29, 1.82) is 0 Å². The Morgan fingerprint density at radius 3 is 2.33 bits per heavy atom. The summed E-state index contributed by atoms with van der Waals surface area (Å²) in [4.78, 5) is 25.1. The van der Waals surface area contributed by atoms with Gasteiger partial charge in [-0.1, -0.05) is 45.8 Å². The summed E-state index contributed by atoms with van der Waals surface area (Å²) < 4.78 is 7.73. The molecular weight excluding hydrogens is 965 g/mol. The van der Waals surface area contributed by atoms with Crippen molar-refractivity contribution < 1.29 is 24.5 Å². The summed E-state index contributed by atoms with van der Waals surface area (Å²) in [7, 11) is 0. The predicted molar refractivity (Wildman–Crippen MR) is 157 cm³/mol. The number of alkyl halides is 1. The van der Waals surface area contributed by atoms with E-state index in [-0.39, 0.29) is 45.1 Å². The Morgan fingerprint density at radius 1 is 1.12 bits per heavy atom. The number of phenols is 1. The number of phenolic OH excluding ortho intramolecular Hbond substituents is 1. The number of hydrogen-bond acceptors (Lipinski definition) is 4. The van der Waals surface area contributed by atoms with Crippen molar-refractivity contribution in [3.05, 3.63) is 65.6 Å². The van der Waals surface area contributed by atoms with Crippen LogP contribution in [0.2, 0.25) is 5.02 Å². The molecule has 0 spiro atoms. The van der Waals surface area contributed by atoms with Gasteiger partial charge in [0.15, 0.2) is 23.0 Å². The van der Waals surface area contributed by atoms with Gasteiger partial charge < -0.3 is 14.9 Å². The molecule has 2 N–H and O–H groups in total. The third-order valence-corrected chi connectivity index (χ3v) is 12.4. The molecule has 1 unspecified atom stereocenters. The van der Waals surface area contributed by atoms with Crippen LogP contribution in [-0.4, -0.2) is 25.9 Å². The second kappa shape index (κ2) is 9.82. The molecule has 1 heterocycles. The van der Waals surface area contributed by atoms with E-state index < -0.39 is 9.89 Å². The van der Waals surface area contributed by atoms with Crippen LogP contribution in [0.15, 0.2) is 40.3 Å². The molecule has 2 aromatic carbocycles. The molecule has 4 rings (SSSR count). The highest BCUT2D eigenvalue weighted by molar-refractivity contribution is 14.1. The molecule has 0 amide bonds. The van der Waals surface area contributed by atoms with Gasteiger partial charge in [-0.2, -0.15) is 0 Å². The summed E-state index contributed by atoms with van der Waals surface area (Å²) in [6.07, 6.45) is 0.256. The van der Waals surface area contributed by atoms with Crippen molar-refractivity contribution in [1.82, 2.24) is 0 Å². The first kappa shape index (κ1) is 26.7. The molecule has 33 heavy (non-hydrogen) atoms. The molecule has 2 aliphatic rings. The SMILES string of the molecule is O=C(O)c1c(Br)c(Br)c(Br)c(Br)c1C1=C2CC(I)C(=O)C(Cl)=C2Oc2c1cc(Cl)c(O)c2I. The topological polar surface area (TPSA) is 83.8 Å². The average molecular weight is 971 g/mol. The zero-order chi connectivity index (χ0) is 24.5. The van der Waals surface area contributed by atoms with Gasteiger partial charge in [-0.15, -0.1) is 0 Å². The van der Waals surface area contributed by atoms with Crippen molar-refractivity contribution in [2.45, 2.75) is 10.3 Å². The van der Waals surface area contributed by atoms with Crippen LogP contribution in [0.4, 0.5) is 0 Å². The number of fused-ring (bicyclic) bond motifs is 2. The molecule has 0 radical (unpaired) electrons. The molecule has 0 aromatic heterocycles. The van der Waals surface area contributed by atoms with Crippen LogP contribution in [0.3, 0.4) is 0 Å². The Kier molecular flexibility index (Phi) is 7.94. The first-order valence-corrected chi connectivity index (χ1v) is 14.9. The van der Waals surface area contributed by atoms with E-state index in [9.17, 15) is 19.8 Å². The number of allylic oxidation sites excluding steroid dienone is 2. The van der Waals surface area contributed by atoms with E-state index in [2.05, 4.69) is 63.7 Å². The van der Waals surface area contributed by atoms with Crippen molar-refractivity contribution in [2.24, 2.45) is 0 Å². The van der Waals surface area contributed by atoms with Crippen LogP contribution < -0.4 is 4.74 Å². The number of carboxylic acid groups (broad SMARTS) is 1. The predicted octanol–water partition coefficient (Wildman–Crippen LogP) is 8.82. The van der Waals surface area contributed by atoms with Gasteiger partial charge in [0.2, 0.25) is 0 Å². The number of halogens is 8. The van der Waals surface area contributed by atoms with E-state index in [0.29, 0.717) is 43.7 Å². The number of carboxylic acids is 1. The summed E-state index contributed by atoms with van der Waals surface area (Å²) in [6.45, 7) is 0. The lowest BCUT2D eigenvalue weighted by atomic mass is 9.83. The van der Waals surface area contributed by atoms with Crippen LogP contribution >= 0.6 is 132 Å². The van der Waals surface area contributed by atoms with Crippen LogP contribution in [0.5, 0.6) is 11.5 Å². The lowest BCUT2D eigenvalue weighted by Gasteiger charge is -2.33. The third kappa shape index (κ3) is 4.27. The second-order valence-electron chi connectivity index (χ2n) is 6.84. The Morgan fingerprint density at radius 2 is 1.73 bits per heavy atom. The number of benzene rings is 2. The third-order valence-electron chi connectivity index (χ3n) is 5.01. The lowest BCUT2D eigenvalue weighted by Crippen LogP contribution is -2.27. The molecule has 2 aromatic rings. The smallest absolute Gasteiger partial charge is 0.337 e. The number of ether oxygens (including phenoxy) is 1. The molecule has 5 nitrogen and oxygen atoms in total. The molecule has 1 aliphatic carbocycles. The van der Waals surface area contributed by atoms with Crippen molar-refractivity contribution in [3.63, 3.8) is 0 Å². The minimum Gasteiger partial charge on any atom is -0.505 e. The highest BCUT2D eigenvalue weighted by Crippen LogP contribution is 2.55. The van der Waals surface area contributed by atoms with Gasteiger partial charge in [-0.05, 0) is 98.8 Å². The van der Waals surface area contributed by atoms with Gasteiger partial charge in [-0.3, -0.25) is 4.79 Å². The zero-order valence-corrected chi connectivity index (χ0v) is 27.7. The quantitative estimate of drug-likeness (QED) is 0.136. The van der Waals surface area contributed by atoms with Crippen LogP contribution in [0.1, 0.15) is 27.9 Å². The first-order chi connectivity index (χ1) is 15.4. The average Bonchev–Trinajstić information content (AvgIpc) is 2.76. The van der Waals surface area contributed by atoms with E-state index in [0.717, 1.165) is 0 Å². The number of rotatable bonds is 2. The Balaban J connectivity index is 2.27. The molecule has 1 aliphatic heterocycles. The second-order valence-corrected chi connectivity index (χ2v) is 13.4. The van der Waals surface area contributed by atoms with Gasteiger partial charge in [0.25, 0.3) is 0 Å². The Labute approximate surface area is 258 Å². The maximum Gasteiger partial charge on any atom is 0.337 e. The molecule has 13 heteroatoms. The fourth-order valence-electron chi connectivity index (χ4n) is 3.56.